The molecule has 0 aliphatic carbocycles. The van der Waals surface area contributed by atoms with E-state index in [-0.39, 0.29) is 12.4 Å². The number of nitrogens with zero attached hydrogens (tertiary/aromatic N) is 3. The molecule has 0 N–H and O–H groups in total. The first-order valence-electron chi connectivity index (χ1n) is 6.91. The standard InChI is InChI=1S/C15H15F4N3O2/c1-8-4-9(2)21-13(24-3)10(8)5-22-7-20-12(11(17)14(22)23)15(18,19)6-16/h4,7H,5-6H2,1-3H3. The van der Waals surface area contributed by atoms with Gasteiger partial charge in [-0.25, -0.2) is 14.4 Å². The van der Waals surface area contributed by atoms with Crippen LogP contribution in [-0.4, -0.2) is 28.3 Å². The van der Waals surface area contributed by atoms with Gasteiger partial charge in [-0.15, -0.1) is 0 Å². The number of aromatic nitrogens is 3. The second-order valence-corrected chi connectivity index (χ2v) is 5.25. The Kier molecular flexibility index (Phi) is 4.91. The molecule has 2 rings (SSSR count). The molecule has 0 atom stereocenters. The molecule has 0 saturated heterocycles. The van der Waals surface area contributed by atoms with Gasteiger partial charge in [0, 0.05) is 11.3 Å². The van der Waals surface area contributed by atoms with Crippen molar-refractivity contribution < 1.29 is 22.3 Å². The van der Waals surface area contributed by atoms with Crippen molar-refractivity contribution in [2.24, 2.45) is 0 Å². The number of rotatable bonds is 5. The summed E-state index contributed by atoms with van der Waals surface area (Å²) >= 11 is 0. The van der Waals surface area contributed by atoms with Crippen molar-refractivity contribution in [3.63, 3.8) is 0 Å². The minimum absolute atomic E-state index is 0.174. The molecular formula is C15H15F4N3O2. The van der Waals surface area contributed by atoms with Crippen LogP contribution in [0.25, 0.3) is 0 Å². The number of hydrogen-bond acceptors (Lipinski definition) is 4. The minimum Gasteiger partial charge on any atom is -0.481 e. The summed E-state index contributed by atoms with van der Waals surface area (Å²) in [5.41, 5.74) is -0.934. The highest BCUT2D eigenvalue weighted by atomic mass is 19.3. The Hall–Kier alpha value is -2.45. The Morgan fingerprint density at radius 2 is 2.00 bits per heavy atom. The third kappa shape index (κ3) is 3.24. The predicted molar refractivity (Wildman–Crippen MR) is 77.7 cm³/mol. The Morgan fingerprint density at radius 1 is 1.33 bits per heavy atom. The van der Waals surface area contributed by atoms with Crippen LogP contribution in [0.5, 0.6) is 5.88 Å². The molecule has 2 aromatic rings. The fourth-order valence-corrected chi connectivity index (χ4v) is 2.26. The van der Waals surface area contributed by atoms with Crippen LogP contribution in [0.1, 0.15) is 22.5 Å². The lowest BCUT2D eigenvalue weighted by atomic mass is 10.1. The Labute approximate surface area is 134 Å². The van der Waals surface area contributed by atoms with E-state index < -0.39 is 29.7 Å². The lowest BCUT2D eigenvalue weighted by Gasteiger charge is -2.15. The molecule has 0 aromatic carbocycles. The number of aryl methyl sites for hydroxylation is 2. The van der Waals surface area contributed by atoms with Gasteiger partial charge in [-0.05, 0) is 25.5 Å². The van der Waals surface area contributed by atoms with Crippen molar-refractivity contribution in [2.75, 3.05) is 13.8 Å². The van der Waals surface area contributed by atoms with Crippen LogP contribution in [0.15, 0.2) is 17.2 Å². The number of pyridine rings is 1. The van der Waals surface area contributed by atoms with E-state index in [1.54, 1.807) is 19.9 Å². The Bertz CT molecular complexity index is 821. The highest BCUT2D eigenvalue weighted by Crippen LogP contribution is 2.27. The maximum atomic E-state index is 13.9. The first kappa shape index (κ1) is 17.9. The van der Waals surface area contributed by atoms with E-state index in [0.29, 0.717) is 11.3 Å². The molecule has 0 bridgehead atoms. The van der Waals surface area contributed by atoms with Crippen molar-refractivity contribution in [2.45, 2.75) is 26.3 Å². The van der Waals surface area contributed by atoms with E-state index in [2.05, 4.69) is 9.97 Å². The maximum absolute atomic E-state index is 13.9. The predicted octanol–water partition coefficient (Wildman–Crippen LogP) is 2.51. The van der Waals surface area contributed by atoms with Crippen LogP contribution < -0.4 is 10.3 Å². The first-order valence-corrected chi connectivity index (χ1v) is 6.91. The number of ether oxygens (including phenoxy) is 1. The number of methoxy groups -OCH3 is 1. The second kappa shape index (κ2) is 6.58. The molecule has 0 aliphatic heterocycles. The molecule has 0 fully saturated rings. The van der Waals surface area contributed by atoms with Crippen LogP contribution in [0, 0.1) is 19.7 Å². The summed E-state index contributed by atoms with van der Waals surface area (Å²) < 4.78 is 58.7. The number of alkyl halides is 3. The summed E-state index contributed by atoms with van der Waals surface area (Å²) in [6.07, 6.45) is 0.753. The fourth-order valence-electron chi connectivity index (χ4n) is 2.26. The lowest BCUT2D eigenvalue weighted by Crippen LogP contribution is -2.31. The molecule has 24 heavy (non-hydrogen) atoms. The van der Waals surface area contributed by atoms with Crippen LogP contribution in [-0.2, 0) is 12.5 Å². The molecule has 2 aromatic heterocycles. The van der Waals surface area contributed by atoms with Gasteiger partial charge in [-0.3, -0.25) is 9.36 Å². The van der Waals surface area contributed by atoms with Crippen LogP contribution >= 0.6 is 0 Å². The Balaban J connectivity index is 2.50. The van der Waals surface area contributed by atoms with Crippen LogP contribution in [0.4, 0.5) is 17.6 Å². The Morgan fingerprint density at radius 3 is 2.58 bits per heavy atom. The monoisotopic (exact) mass is 345 g/mol. The van der Waals surface area contributed by atoms with Gasteiger partial charge in [0.2, 0.25) is 11.7 Å². The highest BCUT2D eigenvalue weighted by Gasteiger charge is 2.38. The summed E-state index contributed by atoms with van der Waals surface area (Å²) in [5.74, 6) is -5.70. The largest absolute Gasteiger partial charge is 0.481 e. The van der Waals surface area contributed by atoms with Gasteiger partial charge >= 0.3 is 5.92 Å². The molecule has 130 valence electrons. The topological polar surface area (TPSA) is 57.0 Å². The summed E-state index contributed by atoms with van der Waals surface area (Å²) in [6.45, 7) is 1.18. The lowest BCUT2D eigenvalue weighted by molar-refractivity contribution is -0.0360. The third-order valence-electron chi connectivity index (χ3n) is 3.46. The first-order chi connectivity index (χ1) is 11.2. The van der Waals surface area contributed by atoms with Crippen molar-refractivity contribution >= 4 is 0 Å². The van der Waals surface area contributed by atoms with Gasteiger partial charge in [0.05, 0.1) is 20.0 Å². The van der Waals surface area contributed by atoms with Gasteiger partial charge < -0.3 is 4.74 Å². The smallest absolute Gasteiger partial charge is 0.320 e. The molecule has 0 spiro atoms. The molecule has 0 saturated carbocycles. The van der Waals surface area contributed by atoms with Gasteiger partial charge in [0.15, 0.2) is 12.4 Å². The summed E-state index contributed by atoms with van der Waals surface area (Å²) in [7, 11) is 1.39. The van der Waals surface area contributed by atoms with Crippen molar-refractivity contribution in [1.82, 2.24) is 14.5 Å². The molecule has 0 radical (unpaired) electrons. The second-order valence-electron chi connectivity index (χ2n) is 5.25. The van der Waals surface area contributed by atoms with E-state index in [1.807, 2.05) is 0 Å². The van der Waals surface area contributed by atoms with Crippen molar-refractivity contribution in [3.8, 4) is 5.88 Å². The third-order valence-corrected chi connectivity index (χ3v) is 3.46. The SMILES string of the molecule is COc1nc(C)cc(C)c1Cn1cnc(C(F)(F)CF)c(F)c1=O. The van der Waals surface area contributed by atoms with Gasteiger partial charge in [0.1, 0.15) is 0 Å². The normalized spacial score (nSPS) is 11.6. The molecule has 5 nitrogen and oxygen atoms in total. The summed E-state index contributed by atoms with van der Waals surface area (Å²) in [6, 6.07) is 1.73. The average Bonchev–Trinajstić information content (AvgIpc) is 2.53. The van der Waals surface area contributed by atoms with Crippen molar-refractivity contribution in [1.29, 1.82) is 0 Å². The average molecular weight is 345 g/mol. The minimum atomic E-state index is -4.15. The number of hydrogen-bond donors (Lipinski definition) is 0. The number of halogens is 4. The van der Waals surface area contributed by atoms with E-state index in [1.165, 1.54) is 7.11 Å². The zero-order valence-corrected chi connectivity index (χ0v) is 13.2. The van der Waals surface area contributed by atoms with Crippen molar-refractivity contribution in [3.05, 3.63) is 51.1 Å². The van der Waals surface area contributed by atoms with E-state index >= 15 is 0 Å². The zero-order valence-electron chi connectivity index (χ0n) is 13.2. The molecule has 9 heteroatoms. The molecular weight excluding hydrogens is 330 g/mol. The summed E-state index contributed by atoms with van der Waals surface area (Å²) in [5, 5.41) is 0. The molecule has 0 amide bonds. The van der Waals surface area contributed by atoms with Gasteiger partial charge in [0.25, 0.3) is 5.56 Å². The van der Waals surface area contributed by atoms with E-state index in [0.717, 1.165) is 16.5 Å². The zero-order chi connectivity index (χ0) is 18.1. The fraction of sp³-hybridized carbons (Fsp3) is 0.400. The van der Waals surface area contributed by atoms with Gasteiger partial charge in [-0.2, -0.15) is 13.2 Å². The van der Waals surface area contributed by atoms with E-state index in [4.69, 9.17) is 4.74 Å². The highest BCUT2D eigenvalue weighted by molar-refractivity contribution is 5.36. The summed E-state index contributed by atoms with van der Waals surface area (Å²) in [4.78, 5) is 19.3. The van der Waals surface area contributed by atoms with Crippen LogP contribution in [0.2, 0.25) is 0 Å². The van der Waals surface area contributed by atoms with E-state index in [9.17, 15) is 22.4 Å². The van der Waals surface area contributed by atoms with Gasteiger partial charge in [-0.1, -0.05) is 0 Å². The quantitative estimate of drug-likeness (QED) is 0.782. The molecule has 0 aliphatic rings. The van der Waals surface area contributed by atoms with Crippen LogP contribution in [0.3, 0.4) is 0 Å². The molecule has 2 heterocycles. The molecule has 0 unspecified atom stereocenters. The maximum Gasteiger partial charge on any atom is 0.320 e.